The van der Waals surface area contributed by atoms with Crippen molar-refractivity contribution in [2.24, 2.45) is 11.8 Å². The van der Waals surface area contributed by atoms with Crippen LogP contribution in [0.3, 0.4) is 0 Å². The molecule has 34 heavy (non-hydrogen) atoms. The van der Waals surface area contributed by atoms with Crippen LogP contribution in [0.25, 0.3) is 0 Å². The highest BCUT2D eigenvalue weighted by atomic mass is 18.2. The number of nitrogens with zero attached hydrogens (tertiary/aromatic N) is 2. The number of alkyl halides is 1. The second-order valence-corrected chi connectivity index (χ2v) is 8.95. The summed E-state index contributed by atoms with van der Waals surface area (Å²) in [7, 11) is 1.67. The lowest BCUT2D eigenvalue weighted by molar-refractivity contribution is -0.152. The summed E-state index contributed by atoms with van der Waals surface area (Å²) in [5.41, 5.74) is -0.325. The van der Waals surface area contributed by atoms with Crippen molar-refractivity contribution in [3.63, 3.8) is 0 Å². The Bertz CT molecular complexity index is 844. The Kier molecular flexibility index (Phi) is 9.07. The van der Waals surface area contributed by atoms with Crippen molar-refractivity contribution in [3.05, 3.63) is 17.8 Å². The van der Waals surface area contributed by atoms with Crippen LogP contribution in [0.4, 0.5) is 10.1 Å². The summed E-state index contributed by atoms with van der Waals surface area (Å²) in [6, 6.07) is 3.40. The van der Waals surface area contributed by atoms with Gasteiger partial charge in [-0.15, -0.1) is 0 Å². The van der Waals surface area contributed by atoms with E-state index in [1.54, 1.807) is 33.1 Å². The van der Waals surface area contributed by atoms with Gasteiger partial charge in [0, 0.05) is 33.2 Å². The monoisotopic (exact) mass is 480 g/mol. The number of methoxy groups -OCH3 is 1. The maximum atomic E-state index is 13.1. The molecule has 0 radical (unpaired) electrons. The SMILES string of the molecule is CCC(CC)(NC(=O)c1ccc(N2CC(OC)C2)c(OC[C@H]2C[C@@H]2CO)n1)C(=O)OCCC[18F]. The van der Waals surface area contributed by atoms with Gasteiger partial charge in [0.05, 0.1) is 26.0 Å². The van der Waals surface area contributed by atoms with Crippen LogP contribution < -0.4 is 15.0 Å². The van der Waals surface area contributed by atoms with E-state index in [2.05, 4.69) is 15.2 Å². The number of amides is 1. The first kappa shape index (κ1) is 26.2. The van der Waals surface area contributed by atoms with Gasteiger partial charge in [-0.1, -0.05) is 13.8 Å². The normalized spacial score (nSPS) is 20.0. The average molecular weight is 481 g/mol. The number of hydrogen-bond donors (Lipinski definition) is 2. The molecule has 2 fully saturated rings. The van der Waals surface area contributed by atoms with E-state index >= 15 is 0 Å². The molecule has 1 aromatic rings. The third-order valence-corrected chi connectivity index (χ3v) is 6.79. The Labute approximate surface area is 200 Å². The highest BCUT2D eigenvalue weighted by molar-refractivity contribution is 5.97. The van der Waals surface area contributed by atoms with E-state index in [-0.39, 0.29) is 43.3 Å². The van der Waals surface area contributed by atoms with E-state index in [0.29, 0.717) is 38.4 Å². The molecule has 1 aromatic heterocycles. The number of nitrogens with one attached hydrogen (secondary N) is 1. The van der Waals surface area contributed by atoms with Crippen molar-refractivity contribution in [2.45, 2.75) is 51.2 Å². The number of carbonyl (C=O) groups excluding carboxylic acids is 2. The minimum Gasteiger partial charge on any atom is -0.476 e. The molecule has 2 heterocycles. The van der Waals surface area contributed by atoms with E-state index in [4.69, 9.17) is 14.2 Å². The summed E-state index contributed by atoms with van der Waals surface area (Å²) in [4.78, 5) is 32.4. The van der Waals surface area contributed by atoms with Gasteiger partial charge in [0.15, 0.2) is 0 Å². The number of rotatable bonds is 14. The molecule has 0 spiro atoms. The fourth-order valence-electron chi connectivity index (χ4n) is 4.02. The molecule has 1 saturated carbocycles. The van der Waals surface area contributed by atoms with Crippen molar-refractivity contribution in [3.8, 4) is 5.88 Å². The Hall–Kier alpha value is -2.46. The fourth-order valence-corrected chi connectivity index (χ4v) is 4.02. The first-order valence-electron chi connectivity index (χ1n) is 12.0. The Morgan fingerprint density at radius 1 is 1.26 bits per heavy atom. The molecule has 1 aliphatic heterocycles. The molecule has 190 valence electrons. The molecule has 0 unspecified atom stereocenters. The smallest absolute Gasteiger partial charge is 0.331 e. The number of halogens is 1. The zero-order valence-electron chi connectivity index (χ0n) is 20.2. The highest BCUT2D eigenvalue weighted by Gasteiger charge is 2.40. The number of pyridine rings is 1. The zero-order chi connectivity index (χ0) is 24.7. The lowest BCUT2D eigenvalue weighted by Gasteiger charge is -2.40. The van der Waals surface area contributed by atoms with Crippen molar-refractivity contribution >= 4 is 17.6 Å². The zero-order valence-corrected chi connectivity index (χ0v) is 20.2. The van der Waals surface area contributed by atoms with E-state index < -0.39 is 24.1 Å². The lowest BCUT2D eigenvalue weighted by Crippen LogP contribution is -2.54. The quantitative estimate of drug-likeness (QED) is 0.308. The van der Waals surface area contributed by atoms with E-state index in [1.807, 2.05) is 0 Å². The topological polar surface area (TPSA) is 110 Å². The number of esters is 1. The van der Waals surface area contributed by atoms with E-state index in [1.165, 1.54) is 0 Å². The van der Waals surface area contributed by atoms with Crippen LogP contribution in [0.15, 0.2) is 12.1 Å². The number of aliphatic hydroxyl groups is 1. The van der Waals surface area contributed by atoms with Crippen LogP contribution in [0.1, 0.15) is 50.0 Å². The molecule has 1 saturated heterocycles. The van der Waals surface area contributed by atoms with Crippen LogP contribution in [-0.4, -0.2) is 80.3 Å². The molecule has 1 aliphatic carbocycles. The summed E-state index contributed by atoms with van der Waals surface area (Å²) in [5, 5.41) is 12.1. The summed E-state index contributed by atoms with van der Waals surface area (Å²) in [6.45, 7) is 4.90. The molecule has 9 nitrogen and oxygen atoms in total. The van der Waals surface area contributed by atoms with Crippen LogP contribution in [0, 0.1) is 11.8 Å². The van der Waals surface area contributed by atoms with Crippen molar-refractivity contribution in [2.75, 3.05) is 51.6 Å². The molecule has 3 rings (SSSR count). The van der Waals surface area contributed by atoms with Gasteiger partial charge in [0.1, 0.15) is 16.9 Å². The minimum absolute atomic E-state index is 0.0355. The van der Waals surface area contributed by atoms with Crippen LogP contribution in [0.5, 0.6) is 5.88 Å². The largest absolute Gasteiger partial charge is 0.476 e. The molecular weight excluding hydrogens is 444 g/mol. The second-order valence-electron chi connectivity index (χ2n) is 8.95. The molecule has 2 aliphatic rings. The number of ether oxygens (including phenoxy) is 3. The number of aromatic nitrogens is 1. The summed E-state index contributed by atoms with van der Waals surface area (Å²) in [5.74, 6) is -0.236. The molecular formula is C24H36FN3O6. The molecule has 1 amide bonds. The number of hydrogen-bond acceptors (Lipinski definition) is 8. The first-order valence-corrected chi connectivity index (χ1v) is 12.0. The Morgan fingerprint density at radius 3 is 2.59 bits per heavy atom. The molecule has 0 aromatic carbocycles. The van der Waals surface area contributed by atoms with E-state index in [9.17, 15) is 19.1 Å². The maximum Gasteiger partial charge on any atom is 0.331 e. The lowest BCUT2D eigenvalue weighted by atomic mass is 9.92. The molecule has 10 heteroatoms. The van der Waals surface area contributed by atoms with Crippen molar-refractivity contribution < 1.29 is 33.3 Å². The third-order valence-electron chi connectivity index (χ3n) is 6.79. The second kappa shape index (κ2) is 11.8. The molecule has 0 bridgehead atoms. The number of carbonyl (C=O) groups is 2. The third kappa shape index (κ3) is 5.96. The predicted molar refractivity (Wildman–Crippen MR) is 124 cm³/mol. The van der Waals surface area contributed by atoms with E-state index in [0.717, 1.165) is 12.1 Å². The molecule has 2 N–H and O–H groups in total. The van der Waals surface area contributed by atoms with Gasteiger partial charge in [-0.25, -0.2) is 9.78 Å². The maximum absolute atomic E-state index is 13.1. The van der Waals surface area contributed by atoms with Gasteiger partial charge >= 0.3 is 5.97 Å². The standard InChI is InChI=1S/C24H36FN3O6/c1-4-24(5-2,23(31)33-10-6-9-25)27-21(30)19-7-8-20(28-12-18(13-28)32-3)22(26-19)34-15-17-11-16(17)14-29/h7-8,16-18,29H,4-6,9-15H2,1-3H3,(H,27,30)/t16-,17-/m1/s1/i25-1. The van der Waals surface area contributed by atoms with Crippen LogP contribution in [-0.2, 0) is 14.3 Å². The first-order chi connectivity index (χ1) is 16.4. The van der Waals surface area contributed by atoms with Gasteiger partial charge in [0.25, 0.3) is 5.91 Å². The van der Waals surface area contributed by atoms with Gasteiger partial charge in [-0.05, 0) is 43.2 Å². The highest BCUT2D eigenvalue weighted by Crippen LogP contribution is 2.39. The van der Waals surface area contributed by atoms with Crippen LogP contribution in [0.2, 0.25) is 0 Å². The van der Waals surface area contributed by atoms with Crippen molar-refractivity contribution in [1.29, 1.82) is 0 Å². The number of anilines is 1. The van der Waals surface area contributed by atoms with Gasteiger partial charge in [-0.2, -0.15) is 0 Å². The summed E-state index contributed by atoms with van der Waals surface area (Å²) in [6.07, 6.45) is 1.80. The Morgan fingerprint density at radius 2 is 2.00 bits per heavy atom. The minimum atomic E-state index is -1.22. The molecule has 2 atom stereocenters. The van der Waals surface area contributed by atoms with Crippen LogP contribution >= 0.6 is 0 Å². The predicted octanol–water partition coefficient (Wildman–Crippen LogP) is 2.12. The fraction of sp³-hybridized carbons (Fsp3) is 0.708. The number of aliphatic hydroxyl groups excluding tert-OH is 1. The summed E-state index contributed by atoms with van der Waals surface area (Å²) >= 11 is 0. The summed E-state index contributed by atoms with van der Waals surface area (Å²) < 4.78 is 28.9. The van der Waals surface area contributed by atoms with Crippen molar-refractivity contribution in [1.82, 2.24) is 10.3 Å². The Balaban J connectivity index is 1.75. The van der Waals surface area contributed by atoms with Gasteiger partial charge in [-0.3, -0.25) is 9.18 Å². The van der Waals surface area contributed by atoms with Gasteiger partial charge < -0.3 is 29.5 Å². The van der Waals surface area contributed by atoms with Gasteiger partial charge in [0.2, 0.25) is 5.88 Å². The average Bonchev–Trinajstić information content (AvgIpc) is 3.59.